The molecule has 1 unspecified atom stereocenters. The Bertz CT molecular complexity index is 468. The molecule has 1 saturated carbocycles. The number of halogens is 1. The highest BCUT2D eigenvalue weighted by molar-refractivity contribution is 6.31. The molecule has 2 fully saturated rings. The molecule has 1 atom stereocenters. The number of nitrogens with zero attached hydrogens (tertiary/aromatic N) is 2. The number of hydrogen-bond acceptors (Lipinski definition) is 2. The van der Waals surface area contributed by atoms with Crippen LogP contribution in [0.15, 0.2) is 0 Å². The molecule has 2 heterocycles. The van der Waals surface area contributed by atoms with Gasteiger partial charge in [-0.15, -0.1) is 0 Å². The molecule has 0 spiro atoms. The quantitative estimate of drug-likeness (QED) is 0.921. The molecule has 3 nitrogen and oxygen atoms in total. The minimum atomic E-state index is 0.277. The molecule has 20 heavy (non-hydrogen) atoms. The standard InChI is InChI=1S/C16H26ClN3/c1-3-13-15(17)14(20(2)19-13)11-16(12-7-8-12)9-5-4-6-10-18-16/h12,18H,3-11H2,1-2H3. The lowest BCUT2D eigenvalue weighted by Crippen LogP contribution is -2.49. The van der Waals surface area contributed by atoms with Crippen LogP contribution in [-0.4, -0.2) is 21.9 Å². The van der Waals surface area contributed by atoms with Gasteiger partial charge in [0, 0.05) is 19.0 Å². The second-order valence-corrected chi connectivity index (χ2v) is 6.91. The molecule has 0 radical (unpaired) electrons. The number of hydrogen-bond donors (Lipinski definition) is 1. The van der Waals surface area contributed by atoms with Crippen molar-refractivity contribution in [1.82, 2.24) is 15.1 Å². The summed E-state index contributed by atoms with van der Waals surface area (Å²) in [6.07, 6.45) is 10.0. The molecule has 1 aromatic heterocycles. The van der Waals surface area contributed by atoms with E-state index in [9.17, 15) is 0 Å². The normalized spacial score (nSPS) is 27.6. The van der Waals surface area contributed by atoms with Crippen molar-refractivity contribution in [3.8, 4) is 0 Å². The van der Waals surface area contributed by atoms with Gasteiger partial charge in [-0.25, -0.2) is 0 Å². The van der Waals surface area contributed by atoms with E-state index in [-0.39, 0.29) is 5.54 Å². The van der Waals surface area contributed by atoms with Crippen molar-refractivity contribution >= 4 is 11.6 Å². The maximum Gasteiger partial charge on any atom is 0.0850 e. The van der Waals surface area contributed by atoms with Crippen molar-refractivity contribution in [2.45, 2.75) is 63.8 Å². The fraction of sp³-hybridized carbons (Fsp3) is 0.812. The van der Waals surface area contributed by atoms with Gasteiger partial charge in [-0.3, -0.25) is 4.68 Å². The number of rotatable bonds is 4. The van der Waals surface area contributed by atoms with E-state index in [1.165, 1.54) is 44.2 Å². The van der Waals surface area contributed by atoms with Gasteiger partial charge in [0.2, 0.25) is 0 Å². The fourth-order valence-corrected chi connectivity index (χ4v) is 4.12. The average Bonchev–Trinajstić information content (AvgIpc) is 3.25. The van der Waals surface area contributed by atoms with E-state index in [1.807, 2.05) is 11.7 Å². The van der Waals surface area contributed by atoms with E-state index in [0.717, 1.165) is 36.0 Å². The zero-order valence-corrected chi connectivity index (χ0v) is 13.5. The fourth-order valence-electron chi connectivity index (χ4n) is 3.76. The van der Waals surface area contributed by atoms with Crippen LogP contribution in [-0.2, 0) is 19.9 Å². The van der Waals surface area contributed by atoms with Gasteiger partial charge in [-0.05, 0) is 44.6 Å². The molecule has 1 aliphatic carbocycles. The summed E-state index contributed by atoms with van der Waals surface area (Å²) in [6, 6.07) is 0. The SMILES string of the molecule is CCc1nn(C)c(CC2(C3CC3)CCCCCN2)c1Cl. The van der Waals surface area contributed by atoms with Crippen LogP contribution in [0.2, 0.25) is 5.02 Å². The number of aromatic nitrogens is 2. The van der Waals surface area contributed by atoms with E-state index < -0.39 is 0 Å². The maximum atomic E-state index is 6.57. The lowest BCUT2D eigenvalue weighted by atomic mass is 9.83. The van der Waals surface area contributed by atoms with Gasteiger partial charge in [0.25, 0.3) is 0 Å². The molecule has 1 saturated heterocycles. The van der Waals surface area contributed by atoms with Gasteiger partial charge in [-0.1, -0.05) is 31.4 Å². The van der Waals surface area contributed by atoms with Gasteiger partial charge in [0.05, 0.1) is 16.4 Å². The van der Waals surface area contributed by atoms with Crippen LogP contribution in [0.5, 0.6) is 0 Å². The zero-order valence-electron chi connectivity index (χ0n) is 12.7. The van der Waals surface area contributed by atoms with Crippen LogP contribution in [0.1, 0.15) is 56.8 Å². The lowest BCUT2D eigenvalue weighted by molar-refractivity contribution is 0.266. The molecule has 0 amide bonds. The summed E-state index contributed by atoms with van der Waals surface area (Å²) in [5.41, 5.74) is 2.55. The summed E-state index contributed by atoms with van der Waals surface area (Å²) in [5, 5.41) is 9.38. The third kappa shape index (κ3) is 2.62. The van der Waals surface area contributed by atoms with Gasteiger partial charge >= 0.3 is 0 Å². The highest BCUT2D eigenvalue weighted by Crippen LogP contribution is 2.45. The first-order chi connectivity index (χ1) is 9.66. The predicted octanol–water partition coefficient (Wildman–Crippen LogP) is 3.49. The van der Waals surface area contributed by atoms with Crippen LogP contribution in [0.3, 0.4) is 0 Å². The topological polar surface area (TPSA) is 29.9 Å². The molecule has 112 valence electrons. The van der Waals surface area contributed by atoms with Crippen molar-refractivity contribution in [3.05, 3.63) is 16.4 Å². The highest BCUT2D eigenvalue weighted by Gasteiger charge is 2.45. The molecule has 0 aromatic carbocycles. The highest BCUT2D eigenvalue weighted by atomic mass is 35.5. The molecule has 1 aromatic rings. The third-order valence-corrected chi connectivity index (χ3v) is 5.56. The first-order valence-electron chi connectivity index (χ1n) is 8.11. The molecule has 3 rings (SSSR count). The van der Waals surface area contributed by atoms with E-state index in [4.69, 9.17) is 11.6 Å². The van der Waals surface area contributed by atoms with Gasteiger partial charge in [0.1, 0.15) is 0 Å². The first-order valence-corrected chi connectivity index (χ1v) is 8.49. The summed E-state index contributed by atoms with van der Waals surface area (Å²) in [4.78, 5) is 0. The lowest BCUT2D eigenvalue weighted by Gasteiger charge is -2.34. The number of nitrogens with one attached hydrogen (secondary N) is 1. The van der Waals surface area contributed by atoms with E-state index in [2.05, 4.69) is 17.3 Å². The summed E-state index contributed by atoms with van der Waals surface area (Å²) < 4.78 is 2.01. The third-order valence-electron chi connectivity index (χ3n) is 5.12. The smallest absolute Gasteiger partial charge is 0.0850 e. The Kier molecular flexibility index (Phi) is 4.09. The first kappa shape index (κ1) is 14.4. The Morgan fingerprint density at radius 3 is 2.80 bits per heavy atom. The average molecular weight is 296 g/mol. The molecule has 1 N–H and O–H groups in total. The Balaban J connectivity index is 1.88. The van der Waals surface area contributed by atoms with Crippen LogP contribution >= 0.6 is 11.6 Å². The molecule has 1 aliphatic heterocycles. The summed E-state index contributed by atoms with van der Waals surface area (Å²) in [6.45, 7) is 3.28. The number of aryl methyl sites for hydroxylation is 2. The molecular formula is C16H26ClN3. The molecule has 4 heteroatoms. The van der Waals surface area contributed by atoms with Crippen LogP contribution in [0.4, 0.5) is 0 Å². The van der Waals surface area contributed by atoms with Crippen molar-refractivity contribution in [1.29, 1.82) is 0 Å². The van der Waals surface area contributed by atoms with Gasteiger partial charge in [-0.2, -0.15) is 5.10 Å². The second-order valence-electron chi connectivity index (χ2n) is 6.53. The van der Waals surface area contributed by atoms with Crippen molar-refractivity contribution in [2.24, 2.45) is 13.0 Å². The Morgan fingerprint density at radius 2 is 2.15 bits per heavy atom. The molecule has 0 bridgehead atoms. The minimum Gasteiger partial charge on any atom is -0.311 e. The maximum absolute atomic E-state index is 6.57. The van der Waals surface area contributed by atoms with E-state index in [0.29, 0.717) is 0 Å². The summed E-state index contributed by atoms with van der Waals surface area (Å²) >= 11 is 6.57. The monoisotopic (exact) mass is 295 g/mol. The van der Waals surface area contributed by atoms with Crippen LogP contribution in [0, 0.1) is 5.92 Å². The Morgan fingerprint density at radius 1 is 1.35 bits per heavy atom. The zero-order chi connectivity index (χ0) is 14.2. The van der Waals surface area contributed by atoms with Crippen molar-refractivity contribution in [2.75, 3.05) is 6.54 Å². The predicted molar refractivity (Wildman–Crippen MR) is 83.2 cm³/mol. The largest absolute Gasteiger partial charge is 0.311 e. The van der Waals surface area contributed by atoms with Gasteiger partial charge in [0.15, 0.2) is 0 Å². The van der Waals surface area contributed by atoms with E-state index >= 15 is 0 Å². The molecule has 2 aliphatic rings. The Hall–Kier alpha value is -0.540. The van der Waals surface area contributed by atoms with Crippen molar-refractivity contribution < 1.29 is 0 Å². The summed E-state index contributed by atoms with van der Waals surface area (Å²) in [5.74, 6) is 0.844. The van der Waals surface area contributed by atoms with Crippen LogP contribution in [0.25, 0.3) is 0 Å². The summed E-state index contributed by atoms with van der Waals surface area (Å²) in [7, 11) is 2.04. The van der Waals surface area contributed by atoms with Gasteiger partial charge < -0.3 is 5.32 Å². The Labute approximate surface area is 127 Å². The minimum absolute atomic E-state index is 0.277. The molecular weight excluding hydrogens is 270 g/mol. The van der Waals surface area contributed by atoms with E-state index in [1.54, 1.807) is 0 Å². The van der Waals surface area contributed by atoms with Crippen molar-refractivity contribution in [3.63, 3.8) is 0 Å². The van der Waals surface area contributed by atoms with Crippen LogP contribution < -0.4 is 5.32 Å². The second kappa shape index (κ2) is 5.69.